The van der Waals surface area contributed by atoms with Crippen LogP contribution in [0.25, 0.3) is 0 Å². The zero-order valence-electron chi connectivity index (χ0n) is 15.6. The topological polar surface area (TPSA) is 41.6 Å². The van der Waals surface area contributed by atoms with Gasteiger partial charge in [-0.1, -0.05) is 25.0 Å². The van der Waals surface area contributed by atoms with Gasteiger partial charge in [0, 0.05) is 19.1 Å². The molecule has 4 nitrogen and oxygen atoms in total. The molecule has 1 N–H and O–H groups in total. The number of nitrogens with zero attached hydrogens (tertiary/aromatic N) is 1. The summed E-state index contributed by atoms with van der Waals surface area (Å²) in [4.78, 5) is 15.6. The number of methoxy groups -OCH3 is 1. The Morgan fingerprint density at radius 2 is 2.00 bits per heavy atom. The largest absolute Gasteiger partial charge is 0.496 e. The molecule has 2 aliphatic rings. The first kappa shape index (κ1) is 20.1. The van der Waals surface area contributed by atoms with Crippen LogP contribution in [0.15, 0.2) is 18.2 Å². The maximum atomic E-state index is 13.5. The molecule has 1 saturated carbocycles. The molecule has 0 radical (unpaired) electrons. The van der Waals surface area contributed by atoms with Gasteiger partial charge in [-0.3, -0.25) is 4.79 Å². The SMILES string of the molecule is CNC1CCCN(C(=O)C2(c3ccc(C)c(OC)c3)CCCC2)C1.Cl. The Balaban J connectivity index is 0.00000225. The van der Waals surface area contributed by atoms with Crippen molar-refractivity contribution in [2.45, 2.75) is 56.9 Å². The molecule has 1 aromatic rings. The minimum Gasteiger partial charge on any atom is -0.496 e. The van der Waals surface area contributed by atoms with Crippen LogP contribution in [0.1, 0.15) is 49.7 Å². The molecule has 3 rings (SSSR count). The number of nitrogens with one attached hydrogen (secondary N) is 1. The number of amides is 1. The molecule has 0 aromatic heterocycles. The van der Waals surface area contributed by atoms with Gasteiger partial charge in [0.15, 0.2) is 0 Å². The van der Waals surface area contributed by atoms with Crippen molar-refractivity contribution in [3.63, 3.8) is 0 Å². The summed E-state index contributed by atoms with van der Waals surface area (Å²) < 4.78 is 5.51. The number of likely N-dealkylation sites (N-methyl/N-ethyl adjacent to an activating group) is 1. The standard InChI is InChI=1S/C20H30N2O2.ClH/c1-15-8-9-16(13-18(15)24-3)20(10-4-5-11-20)19(23)22-12-6-7-17(14-22)21-2;/h8-9,13,17,21H,4-7,10-12,14H2,1-3H3;1H. The highest BCUT2D eigenvalue weighted by molar-refractivity contribution is 5.89. The van der Waals surface area contributed by atoms with Crippen molar-refractivity contribution in [3.8, 4) is 5.75 Å². The van der Waals surface area contributed by atoms with Crippen molar-refractivity contribution >= 4 is 18.3 Å². The van der Waals surface area contributed by atoms with Gasteiger partial charge in [0.2, 0.25) is 5.91 Å². The summed E-state index contributed by atoms with van der Waals surface area (Å²) in [6.45, 7) is 3.77. The average molecular weight is 367 g/mol. The average Bonchev–Trinajstić information content (AvgIpc) is 3.12. The van der Waals surface area contributed by atoms with Gasteiger partial charge < -0.3 is 15.0 Å². The highest BCUT2D eigenvalue weighted by Crippen LogP contribution is 2.44. The number of piperidine rings is 1. The van der Waals surface area contributed by atoms with Crippen molar-refractivity contribution in [1.29, 1.82) is 0 Å². The molecular formula is C20H31ClN2O2. The Morgan fingerprint density at radius 3 is 2.64 bits per heavy atom. The Morgan fingerprint density at radius 1 is 1.28 bits per heavy atom. The minimum atomic E-state index is -0.351. The summed E-state index contributed by atoms with van der Waals surface area (Å²) in [5.41, 5.74) is 1.91. The maximum Gasteiger partial charge on any atom is 0.233 e. The number of benzene rings is 1. The van der Waals surface area contributed by atoms with Gasteiger partial charge >= 0.3 is 0 Å². The summed E-state index contributed by atoms with van der Waals surface area (Å²) in [6, 6.07) is 6.75. The fraction of sp³-hybridized carbons (Fsp3) is 0.650. The number of ether oxygens (including phenoxy) is 1. The fourth-order valence-corrected chi connectivity index (χ4v) is 4.42. The van der Waals surface area contributed by atoms with E-state index in [0.29, 0.717) is 11.9 Å². The monoisotopic (exact) mass is 366 g/mol. The second-order valence-electron chi connectivity index (χ2n) is 7.35. The van der Waals surface area contributed by atoms with Crippen LogP contribution in [0.2, 0.25) is 0 Å². The molecule has 1 heterocycles. The molecule has 1 aliphatic carbocycles. The summed E-state index contributed by atoms with van der Waals surface area (Å²) in [7, 11) is 3.70. The van der Waals surface area contributed by atoms with Crippen LogP contribution in [0, 0.1) is 6.92 Å². The molecule has 2 fully saturated rings. The predicted octanol–water partition coefficient (Wildman–Crippen LogP) is 3.45. The molecular weight excluding hydrogens is 336 g/mol. The molecule has 1 amide bonds. The lowest BCUT2D eigenvalue weighted by Crippen LogP contribution is -2.52. The zero-order chi connectivity index (χ0) is 17.2. The van der Waals surface area contributed by atoms with E-state index in [-0.39, 0.29) is 17.8 Å². The van der Waals surface area contributed by atoms with E-state index >= 15 is 0 Å². The summed E-state index contributed by atoms with van der Waals surface area (Å²) in [5, 5.41) is 3.34. The van der Waals surface area contributed by atoms with E-state index in [1.807, 2.05) is 14.0 Å². The van der Waals surface area contributed by atoms with Gasteiger partial charge in [0.1, 0.15) is 5.75 Å². The van der Waals surface area contributed by atoms with Crippen molar-refractivity contribution in [2.75, 3.05) is 27.2 Å². The number of carbonyl (C=O) groups excluding carboxylic acids is 1. The third-order valence-electron chi connectivity index (χ3n) is 5.94. The minimum absolute atomic E-state index is 0. The molecule has 1 aromatic carbocycles. The second-order valence-corrected chi connectivity index (χ2v) is 7.35. The number of rotatable bonds is 4. The van der Waals surface area contributed by atoms with Crippen molar-refractivity contribution in [1.82, 2.24) is 10.2 Å². The second kappa shape index (κ2) is 8.41. The van der Waals surface area contributed by atoms with Crippen molar-refractivity contribution in [2.24, 2.45) is 0 Å². The number of halogens is 1. The molecule has 0 bridgehead atoms. The van der Waals surface area contributed by atoms with Crippen LogP contribution in [-0.4, -0.2) is 44.1 Å². The number of hydrogen-bond acceptors (Lipinski definition) is 3. The molecule has 1 saturated heterocycles. The molecule has 1 aliphatic heterocycles. The Labute approximate surface area is 157 Å². The smallest absolute Gasteiger partial charge is 0.233 e. The third-order valence-corrected chi connectivity index (χ3v) is 5.94. The summed E-state index contributed by atoms with van der Waals surface area (Å²) >= 11 is 0. The third kappa shape index (κ3) is 3.80. The highest BCUT2D eigenvalue weighted by Gasteiger charge is 2.45. The molecule has 1 atom stereocenters. The van der Waals surface area contributed by atoms with Gasteiger partial charge in [-0.05, 0) is 56.8 Å². The van der Waals surface area contributed by atoms with Crippen LogP contribution in [0.3, 0.4) is 0 Å². The van der Waals surface area contributed by atoms with E-state index in [9.17, 15) is 4.79 Å². The quantitative estimate of drug-likeness (QED) is 0.887. The number of hydrogen-bond donors (Lipinski definition) is 1. The van der Waals surface area contributed by atoms with Crippen LogP contribution in [0.5, 0.6) is 5.75 Å². The molecule has 25 heavy (non-hydrogen) atoms. The Bertz CT molecular complexity index is 599. The zero-order valence-corrected chi connectivity index (χ0v) is 16.5. The van der Waals surface area contributed by atoms with Gasteiger partial charge in [-0.25, -0.2) is 0 Å². The van der Waals surface area contributed by atoms with E-state index in [4.69, 9.17) is 4.74 Å². The summed E-state index contributed by atoms with van der Waals surface area (Å²) in [6.07, 6.45) is 6.42. The fourth-order valence-electron chi connectivity index (χ4n) is 4.42. The lowest BCUT2D eigenvalue weighted by Gasteiger charge is -2.39. The van der Waals surface area contributed by atoms with Gasteiger partial charge in [-0.15, -0.1) is 12.4 Å². The number of carbonyl (C=O) groups is 1. The van der Waals surface area contributed by atoms with Gasteiger partial charge in [0.05, 0.1) is 12.5 Å². The lowest BCUT2D eigenvalue weighted by molar-refractivity contribution is -0.138. The first-order valence-electron chi connectivity index (χ1n) is 9.22. The normalized spacial score (nSPS) is 22.4. The van der Waals surface area contributed by atoms with Crippen LogP contribution in [-0.2, 0) is 10.2 Å². The number of likely N-dealkylation sites (tertiary alicyclic amines) is 1. The molecule has 140 valence electrons. The summed E-state index contributed by atoms with van der Waals surface area (Å²) in [5.74, 6) is 1.21. The van der Waals surface area contributed by atoms with E-state index in [1.54, 1.807) is 7.11 Å². The van der Waals surface area contributed by atoms with E-state index in [0.717, 1.165) is 68.5 Å². The van der Waals surface area contributed by atoms with E-state index < -0.39 is 0 Å². The Kier molecular flexibility index (Phi) is 6.75. The van der Waals surface area contributed by atoms with Gasteiger partial charge in [0.25, 0.3) is 0 Å². The number of aryl methyl sites for hydroxylation is 1. The molecule has 0 spiro atoms. The lowest BCUT2D eigenvalue weighted by atomic mass is 9.76. The van der Waals surface area contributed by atoms with E-state index in [2.05, 4.69) is 28.4 Å². The van der Waals surface area contributed by atoms with E-state index in [1.165, 1.54) is 0 Å². The highest BCUT2D eigenvalue weighted by atomic mass is 35.5. The first-order chi connectivity index (χ1) is 11.6. The predicted molar refractivity (Wildman–Crippen MR) is 104 cm³/mol. The first-order valence-corrected chi connectivity index (χ1v) is 9.22. The molecule has 5 heteroatoms. The molecule has 1 unspecified atom stereocenters. The maximum absolute atomic E-state index is 13.5. The van der Waals surface area contributed by atoms with Crippen molar-refractivity contribution in [3.05, 3.63) is 29.3 Å². The van der Waals surface area contributed by atoms with Gasteiger partial charge in [-0.2, -0.15) is 0 Å². The van der Waals surface area contributed by atoms with Crippen molar-refractivity contribution < 1.29 is 9.53 Å². The van der Waals surface area contributed by atoms with Crippen LogP contribution >= 0.6 is 12.4 Å². The van der Waals surface area contributed by atoms with Crippen LogP contribution < -0.4 is 10.1 Å². The van der Waals surface area contributed by atoms with Crippen LogP contribution in [0.4, 0.5) is 0 Å². The Hall–Kier alpha value is -1.26.